The van der Waals surface area contributed by atoms with Gasteiger partial charge in [-0.3, -0.25) is 4.98 Å². The minimum absolute atomic E-state index is 1.01. The lowest BCUT2D eigenvalue weighted by molar-refractivity contribution is 0.648. The van der Waals surface area contributed by atoms with Crippen molar-refractivity contribution in [1.29, 1.82) is 0 Å². The lowest BCUT2D eigenvalue weighted by Gasteiger charge is -2.02. The SMILES string of the molecule is C=CCCCNCCc1ccccn1. The first-order valence-corrected chi connectivity index (χ1v) is 5.15. The predicted molar refractivity (Wildman–Crippen MR) is 60.2 cm³/mol. The summed E-state index contributed by atoms with van der Waals surface area (Å²) in [6, 6.07) is 6.03. The van der Waals surface area contributed by atoms with Gasteiger partial charge in [-0.05, 0) is 31.5 Å². The van der Waals surface area contributed by atoms with Gasteiger partial charge in [-0.2, -0.15) is 0 Å². The van der Waals surface area contributed by atoms with Crippen LogP contribution in [0.1, 0.15) is 18.5 Å². The van der Waals surface area contributed by atoms with Crippen LogP contribution in [-0.4, -0.2) is 18.1 Å². The summed E-state index contributed by atoms with van der Waals surface area (Å²) in [5.41, 5.74) is 1.16. The van der Waals surface area contributed by atoms with Gasteiger partial charge in [0.2, 0.25) is 0 Å². The second-order valence-corrected chi connectivity index (χ2v) is 3.25. The van der Waals surface area contributed by atoms with E-state index in [1.165, 1.54) is 6.42 Å². The third-order valence-corrected chi connectivity index (χ3v) is 2.05. The van der Waals surface area contributed by atoms with Crippen molar-refractivity contribution in [3.8, 4) is 0 Å². The van der Waals surface area contributed by atoms with E-state index in [9.17, 15) is 0 Å². The minimum Gasteiger partial charge on any atom is -0.316 e. The average molecular weight is 190 g/mol. The number of aromatic nitrogens is 1. The van der Waals surface area contributed by atoms with E-state index in [2.05, 4.69) is 22.9 Å². The highest BCUT2D eigenvalue weighted by atomic mass is 14.8. The first kappa shape index (κ1) is 10.9. The van der Waals surface area contributed by atoms with Crippen LogP contribution in [0, 0.1) is 0 Å². The zero-order valence-corrected chi connectivity index (χ0v) is 8.58. The monoisotopic (exact) mass is 190 g/mol. The van der Waals surface area contributed by atoms with Gasteiger partial charge in [0, 0.05) is 24.9 Å². The van der Waals surface area contributed by atoms with Crippen molar-refractivity contribution in [2.24, 2.45) is 0 Å². The summed E-state index contributed by atoms with van der Waals surface area (Å²) in [7, 11) is 0. The van der Waals surface area contributed by atoms with Crippen molar-refractivity contribution in [2.75, 3.05) is 13.1 Å². The Hall–Kier alpha value is -1.15. The van der Waals surface area contributed by atoms with Crippen LogP contribution in [0.25, 0.3) is 0 Å². The van der Waals surface area contributed by atoms with Crippen molar-refractivity contribution < 1.29 is 0 Å². The van der Waals surface area contributed by atoms with Crippen molar-refractivity contribution in [3.05, 3.63) is 42.7 Å². The third-order valence-electron chi connectivity index (χ3n) is 2.05. The highest BCUT2D eigenvalue weighted by Crippen LogP contribution is 1.93. The number of nitrogens with one attached hydrogen (secondary N) is 1. The molecule has 0 aliphatic rings. The van der Waals surface area contributed by atoms with Gasteiger partial charge >= 0.3 is 0 Å². The zero-order chi connectivity index (χ0) is 10.1. The second-order valence-electron chi connectivity index (χ2n) is 3.25. The highest BCUT2D eigenvalue weighted by molar-refractivity contribution is 5.03. The van der Waals surface area contributed by atoms with E-state index >= 15 is 0 Å². The van der Waals surface area contributed by atoms with Crippen molar-refractivity contribution in [2.45, 2.75) is 19.3 Å². The normalized spacial score (nSPS) is 10.0. The molecule has 1 heterocycles. The molecule has 0 radical (unpaired) electrons. The van der Waals surface area contributed by atoms with Crippen LogP contribution in [-0.2, 0) is 6.42 Å². The van der Waals surface area contributed by atoms with Gasteiger partial charge in [-0.15, -0.1) is 6.58 Å². The maximum atomic E-state index is 4.26. The molecular weight excluding hydrogens is 172 g/mol. The van der Waals surface area contributed by atoms with Crippen LogP contribution in [0.3, 0.4) is 0 Å². The first-order valence-electron chi connectivity index (χ1n) is 5.15. The van der Waals surface area contributed by atoms with E-state index < -0.39 is 0 Å². The van der Waals surface area contributed by atoms with Gasteiger partial charge in [0.25, 0.3) is 0 Å². The van der Waals surface area contributed by atoms with Crippen molar-refractivity contribution in [3.63, 3.8) is 0 Å². The molecule has 14 heavy (non-hydrogen) atoms. The summed E-state index contributed by atoms with van der Waals surface area (Å²) < 4.78 is 0. The fraction of sp³-hybridized carbons (Fsp3) is 0.417. The van der Waals surface area contributed by atoms with Crippen LogP contribution >= 0.6 is 0 Å². The zero-order valence-electron chi connectivity index (χ0n) is 8.58. The smallest absolute Gasteiger partial charge is 0.0416 e. The van der Waals surface area contributed by atoms with Crippen LogP contribution in [0.4, 0.5) is 0 Å². The average Bonchev–Trinajstić information content (AvgIpc) is 2.25. The summed E-state index contributed by atoms with van der Waals surface area (Å²) in [6.45, 7) is 5.76. The van der Waals surface area contributed by atoms with Crippen molar-refractivity contribution >= 4 is 0 Å². The minimum atomic E-state index is 1.01. The molecule has 0 aliphatic carbocycles. The summed E-state index contributed by atoms with van der Waals surface area (Å²) in [5.74, 6) is 0. The summed E-state index contributed by atoms with van der Waals surface area (Å²) in [4.78, 5) is 4.26. The number of allylic oxidation sites excluding steroid dienone is 1. The maximum absolute atomic E-state index is 4.26. The summed E-state index contributed by atoms with van der Waals surface area (Å²) in [5, 5.41) is 3.38. The Bertz CT molecular complexity index is 244. The van der Waals surface area contributed by atoms with Crippen LogP contribution in [0.2, 0.25) is 0 Å². The van der Waals surface area contributed by atoms with E-state index in [-0.39, 0.29) is 0 Å². The van der Waals surface area contributed by atoms with E-state index in [0.717, 1.165) is 31.6 Å². The van der Waals surface area contributed by atoms with Gasteiger partial charge in [0.15, 0.2) is 0 Å². The van der Waals surface area contributed by atoms with Gasteiger partial charge in [0.05, 0.1) is 0 Å². The lowest BCUT2D eigenvalue weighted by Crippen LogP contribution is -2.18. The van der Waals surface area contributed by atoms with Gasteiger partial charge in [-0.25, -0.2) is 0 Å². The van der Waals surface area contributed by atoms with E-state index in [0.29, 0.717) is 0 Å². The van der Waals surface area contributed by atoms with E-state index in [4.69, 9.17) is 0 Å². The Labute approximate surface area is 86.1 Å². The fourth-order valence-electron chi connectivity index (χ4n) is 1.26. The standard InChI is InChI=1S/C12H18N2/c1-2-3-5-9-13-11-8-12-7-4-6-10-14-12/h2,4,6-7,10,13H,1,3,5,8-9,11H2. The molecule has 0 saturated heterocycles. The predicted octanol–water partition coefficient (Wildman–Crippen LogP) is 2.18. The maximum Gasteiger partial charge on any atom is 0.0416 e. The Morgan fingerprint density at radius 2 is 2.29 bits per heavy atom. The van der Waals surface area contributed by atoms with Crippen LogP contribution < -0.4 is 5.32 Å². The number of unbranched alkanes of at least 4 members (excludes halogenated alkanes) is 1. The molecular formula is C12H18N2. The Morgan fingerprint density at radius 1 is 1.36 bits per heavy atom. The largest absolute Gasteiger partial charge is 0.316 e. The molecule has 1 aromatic heterocycles. The number of rotatable bonds is 7. The Balaban J connectivity index is 2.02. The third kappa shape index (κ3) is 4.77. The van der Waals surface area contributed by atoms with E-state index in [1.807, 2.05) is 24.4 Å². The van der Waals surface area contributed by atoms with Crippen LogP contribution in [0.15, 0.2) is 37.1 Å². The molecule has 0 aliphatic heterocycles. The summed E-state index contributed by atoms with van der Waals surface area (Å²) >= 11 is 0. The molecule has 0 bridgehead atoms. The van der Waals surface area contributed by atoms with Gasteiger partial charge in [0.1, 0.15) is 0 Å². The molecule has 76 valence electrons. The quantitative estimate of drug-likeness (QED) is 0.526. The molecule has 0 saturated carbocycles. The molecule has 0 spiro atoms. The molecule has 0 amide bonds. The number of nitrogens with zero attached hydrogens (tertiary/aromatic N) is 1. The molecule has 1 aromatic rings. The molecule has 1 N–H and O–H groups in total. The highest BCUT2D eigenvalue weighted by Gasteiger charge is 1.91. The Morgan fingerprint density at radius 3 is 3.00 bits per heavy atom. The van der Waals surface area contributed by atoms with E-state index in [1.54, 1.807) is 0 Å². The molecule has 1 rings (SSSR count). The molecule has 0 aromatic carbocycles. The second kappa shape index (κ2) is 7.27. The molecule has 0 unspecified atom stereocenters. The fourth-order valence-corrected chi connectivity index (χ4v) is 1.26. The lowest BCUT2D eigenvalue weighted by atomic mass is 10.2. The Kier molecular flexibility index (Phi) is 5.68. The summed E-state index contributed by atoms with van der Waals surface area (Å²) in [6.07, 6.45) is 7.07. The number of hydrogen-bond donors (Lipinski definition) is 1. The number of pyridine rings is 1. The molecule has 0 fully saturated rings. The molecule has 0 atom stereocenters. The topological polar surface area (TPSA) is 24.9 Å². The first-order chi connectivity index (χ1) is 6.93. The number of hydrogen-bond acceptors (Lipinski definition) is 2. The van der Waals surface area contributed by atoms with Crippen LogP contribution in [0.5, 0.6) is 0 Å². The van der Waals surface area contributed by atoms with Gasteiger partial charge < -0.3 is 5.32 Å². The van der Waals surface area contributed by atoms with Crippen molar-refractivity contribution in [1.82, 2.24) is 10.3 Å². The van der Waals surface area contributed by atoms with Gasteiger partial charge in [-0.1, -0.05) is 12.1 Å². The molecule has 2 nitrogen and oxygen atoms in total. The molecule has 2 heteroatoms.